The zero-order valence-electron chi connectivity index (χ0n) is 12.1. The van der Waals surface area contributed by atoms with E-state index in [-0.39, 0.29) is 38.1 Å². The maximum absolute atomic E-state index is 5.83. The van der Waals surface area contributed by atoms with E-state index in [0.717, 1.165) is 11.5 Å². The molecular weight excluding hydrogens is 309 g/mol. The van der Waals surface area contributed by atoms with E-state index in [9.17, 15) is 0 Å². The van der Waals surface area contributed by atoms with Crippen molar-refractivity contribution >= 4 is 0 Å². The summed E-state index contributed by atoms with van der Waals surface area (Å²) in [6, 6.07) is 16.4. The first-order valence-electron chi connectivity index (χ1n) is 6.30. The first-order valence-corrected chi connectivity index (χ1v) is 6.30. The Labute approximate surface area is 141 Å². The largest absolute Gasteiger partial charge is 0.457 e. The van der Waals surface area contributed by atoms with Crippen LogP contribution in [0.5, 0.6) is 11.5 Å². The van der Waals surface area contributed by atoms with E-state index in [1.807, 2.05) is 30.3 Å². The van der Waals surface area contributed by atoms with Crippen molar-refractivity contribution in [2.75, 3.05) is 0 Å². The quantitative estimate of drug-likeness (QED) is 0.746. The van der Waals surface area contributed by atoms with Crippen molar-refractivity contribution < 1.29 is 37.4 Å². The van der Waals surface area contributed by atoms with Crippen LogP contribution in [0.2, 0.25) is 0 Å². The molecule has 0 fully saturated rings. The van der Waals surface area contributed by atoms with Crippen molar-refractivity contribution in [2.24, 2.45) is 0 Å². The molecule has 2 aromatic rings. The van der Waals surface area contributed by atoms with E-state index in [2.05, 4.69) is 45.9 Å². The minimum Gasteiger partial charge on any atom is -0.457 e. The van der Waals surface area contributed by atoms with Gasteiger partial charge in [-0.25, -0.2) is 0 Å². The Bertz CT molecular complexity index is 524. The van der Waals surface area contributed by atoms with Crippen molar-refractivity contribution in [3.8, 4) is 11.5 Å². The van der Waals surface area contributed by atoms with Crippen LogP contribution in [0.15, 0.2) is 48.5 Å². The molecule has 0 aliphatic rings. The van der Waals surface area contributed by atoms with Gasteiger partial charge in [0.2, 0.25) is 0 Å². The second-order valence-electron chi connectivity index (χ2n) is 5.69. The van der Waals surface area contributed by atoms with Gasteiger partial charge in [0.15, 0.2) is 0 Å². The van der Waals surface area contributed by atoms with Crippen LogP contribution in [-0.4, -0.2) is 0 Å². The molecule has 2 heteroatoms. The number of rotatable bonds is 2. The Morgan fingerprint density at radius 3 is 2.00 bits per heavy atom. The Morgan fingerprint density at radius 2 is 1.47 bits per heavy atom. The molecule has 0 saturated carbocycles. The molecule has 97 valence electrons. The van der Waals surface area contributed by atoms with Gasteiger partial charge in [0, 0.05) is 32.7 Å². The van der Waals surface area contributed by atoms with E-state index in [4.69, 9.17) is 4.74 Å². The summed E-state index contributed by atoms with van der Waals surface area (Å²) < 4.78 is 5.83. The van der Waals surface area contributed by atoms with E-state index < -0.39 is 0 Å². The summed E-state index contributed by atoms with van der Waals surface area (Å²) in [5.41, 5.74) is 2.71. The minimum atomic E-state index is 0. The number of hydrogen-bond acceptors (Lipinski definition) is 1. The van der Waals surface area contributed by atoms with Crippen LogP contribution in [0.1, 0.15) is 31.9 Å². The van der Waals surface area contributed by atoms with Gasteiger partial charge in [0.1, 0.15) is 11.5 Å². The second-order valence-corrected chi connectivity index (χ2v) is 5.69. The molecule has 1 nitrogen and oxygen atoms in total. The third kappa shape index (κ3) is 4.74. The second kappa shape index (κ2) is 6.68. The third-order valence-corrected chi connectivity index (χ3v) is 2.95. The van der Waals surface area contributed by atoms with Crippen LogP contribution < -0.4 is 4.74 Å². The summed E-state index contributed by atoms with van der Waals surface area (Å²) in [5.74, 6) is 1.77. The molecule has 2 aromatic carbocycles. The van der Waals surface area contributed by atoms with Crippen LogP contribution in [0, 0.1) is 6.92 Å². The summed E-state index contributed by atoms with van der Waals surface area (Å²) in [6.07, 6.45) is 0. The number of hydrogen-bond donors (Lipinski definition) is 0. The van der Waals surface area contributed by atoms with Gasteiger partial charge >= 0.3 is 0 Å². The summed E-state index contributed by atoms with van der Waals surface area (Å²) in [5, 5.41) is 0. The van der Waals surface area contributed by atoms with Crippen LogP contribution >= 0.6 is 0 Å². The molecule has 0 bridgehead atoms. The van der Waals surface area contributed by atoms with E-state index in [0.29, 0.717) is 0 Å². The molecule has 0 N–H and O–H groups in total. The summed E-state index contributed by atoms with van der Waals surface area (Å²) in [7, 11) is 0. The smallest absolute Gasteiger partial charge is 0.127 e. The molecule has 2 rings (SSSR count). The number of benzene rings is 2. The van der Waals surface area contributed by atoms with Crippen molar-refractivity contribution in [3.05, 3.63) is 59.7 Å². The van der Waals surface area contributed by atoms with Crippen molar-refractivity contribution in [3.63, 3.8) is 0 Å². The Balaban J connectivity index is 0.00000180. The molecule has 0 aliphatic heterocycles. The zero-order valence-corrected chi connectivity index (χ0v) is 14.9. The SMILES string of the molecule is Cc1cccc(Oc2ccc(C(C)(C)C)cc2)c1.[Y]. The van der Waals surface area contributed by atoms with Crippen molar-refractivity contribution in [1.82, 2.24) is 0 Å². The first-order chi connectivity index (χ1) is 8.45. The van der Waals surface area contributed by atoms with E-state index in [1.54, 1.807) is 0 Å². The van der Waals surface area contributed by atoms with Gasteiger partial charge in [-0.05, 0) is 47.7 Å². The number of aryl methyl sites for hydroxylation is 1. The van der Waals surface area contributed by atoms with Crippen LogP contribution in [-0.2, 0) is 38.1 Å². The maximum atomic E-state index is 5.83. The van der Waals surface area contributed by atoms with Gasteiger partial charge in [-0.1, -0.05) is 45.0 Å². The molecular formula is C17H20OY. The van der Waals surface area contributed by atoms with Crippen LogP contribution in [0.4, 0.5) is 0 Å². The topological polar surface area (TPSA) is 9.23 Å². The summed E-state index contributed by atoms with van der Waals surface area (Å²) in [4.78, 5) is 0. The molecule has 0 aliphatic carbocycles. The van der Waals surface area contributed by atoms with Gasteiger partial charge in [-0.3, -0.25) is 0 Å². The summed E-state index contributed by atoms with van der Waals surface area (Å²) >= 11 is 0. The predicted octanol–water partition coefficient (Wildman–Crippen LogP) is 5.08. The van der Waals surface area contributed by atoms with Gasteiger partial charge in [0.25, 0.3) is 0 Å². The summed E-state index contributed by atoms with van der Waals surface area (Å²) in [6.45, 7) is 8.70. The molecule has 0 heterocycles. The van der Waals surface area contributed by atoms with Gasteiger partial charge in [0.05, 0.1) is 0 Å². The van der Waals surface area contributed by atoms with Gasteiger partial charge in [-0.2, -0.15) is 0 Å². The molecule has 19 heavy (non-hydrogen) atoms. The Hall–Kier alpha value is -0.656. The first kappa shape index (κ1) is 16.4. The molecule has 0 unspecified atom stereocenters. The fraction of sp³-hybridized carbons (Fsp3) is 0.294. The average molecular weight is 329 g/mol. The van der Waals surface area contributed by atoms with Crippen molar-refractivity contribution in [2.45, 2.75) is 33.1 Å². The molecule has 0 atom stereocenters. The third-order valence-electron chi connectivity index (χ3n) is 2.95. The molecule has 0 aromatic heterocycles. The van der Waals surface area contributed by atoms with Crippen LogP contribution in [0.25, 0.3) is 0 Å². The zero-order chi connectivity index (χ0) is 13.2. The van der Waals surface area contributed by atoms with E-state index in [1.165, 1.54) is 11.1 Å². The molecule has 0 saturated heterocycles. The minimum absolute atomic E-state index is 0. The van der Waals surface area contributed by atoms with E-state index >= 15 is 0 Å². The Kier molecular flexibility index (Phi) is 5.76. The Morgan fingerprint density at radius 1 is 0.842 bits per heavy atom. The van der Waals surface area contributed by atoms with Crippen molar-refractivity contribution in [1.29, 1.82) is 0 Å². The fourth-order valence-corrected chi connectivity index (χ4v) is 1.84. The monoisotopic (exact) mass is 329 g/mol. The normalized spacial score (nSPS) is 10.7. The maximum Gasteiger partial charge on any atom is 0.127 e. The molecule has 1 radical (unpaired) electrons. The predicted molar refractivity (Wildman–Crippen MR) is 76.4 cm³/mol. The fourth-order valence-electron chi connectivity index (χ4n) is 1.84. The standard InChI is InChI=1S/C17H20O.Y/c1-13-6-5-7-16(12-13)18-15-10-8-14(9-11-15)17(2,3)4;/h5-12H,1-4H3;. The van der Waals surface area contributed by atoms with Crippen LogP contribution in [0.3, 0.4) is 0 Å². The average Bonchev–Trinajstić information content (AvgIpc) is 2.28. The van der Waals surface area contributed by atoms with Gasteiger partial charge < -0.3 is 4.74 Å². The van der Waals surface area contributed by atoms with Gasteiger partial charge in [-0.15, -0.1) is 0 Å². The number of ether oxygens (including phenoxy) is 1. The molecule has 0 spiro atoms. The molecule has 0 amide bonds.